The monoisotopic (exact) mass is 233 g/mol. The van der Waals surface area contributed by atoms with E-state index >= 15 is 0 Å². The maximum Gasteiger partial charge on any atom is 0.270 e. The maximum absolute atomic E-state index is 11.9. The van der Waals surface area contributed by atoms with Crippen LogP contribution in [0.25, 0.3) is 0 Å². The first-order chi connectivity index (χ1) is 8.24. The van der Waals surface area contributed by atoms with Gasteiger partial charge in [-0.05, 0) is 24.5 Å². The lowest BCUT2D eigenvalue weighted by Gasteiger charge is -2.18. The van der Waals surface area contributed by atoms with E-state index in [4.69, 9.17) is 0 Å². The second kappa shape index (κ2) is 4.95. The molecule has 0 saturated heterocycles. The van der Waals surface area contributed by atoms with Crippen molar-refractivity contribution < 1.29 is 9.59 Å². The summed E-state index contributed by atoms with van der Waals surface area (Å²) in [5, 5.41) is 5.53. The van der Waals surface area contributed by atoms with Gasteiger partial charge in [-0.3, -0.25) is 14.6 Å². The molecule has 90 valence electrons. The molecule has 2 heterocycles. The first-order valence-corrected chi connectivity index (χ1v) is 5.78. The molecule has 1 aromatic heterocycles. The molecule has 0 bridgehead atoms. The third-order valence-electron chi connectivity index (χ3n) is 2.71. The molecule has 2 N–H and O–H groups in total. The van der Waals surface area contributed by atoms with Gasteiger partial charge in [-0.15, -0.1) is 0 Å². The van der Waals surface area contributed by atoms with Crippen LogP contribution < -0.4 is 10.6 Å². The summed E-state index contributed by atoms with van der Waals surface area (Å²) in [5.41, 5.74) is 1.70. The van der Waals surface area contributed by atoms with Gasteiger partial charge in [-0.1, -0.05) is 6.92 Å². The van der Waals surface area contributed by atoms with Gasteiger partial charge < -0.3 is 10.6 Å². The number of carbonyl (C=O) groups excluding carboxylic acids is 2. The van der Waals surface area contributed by atoms with E-state index in [9.17, 15) is 9.59 Å². The Labute approximate surface area is 99.6 Å². The zero-order chi connectivity index (χ0) is 12.3. The van der Waals surface area contributed by atoms with Crippen molar-refractivity contribution in [2.45, 2.75) is 19.8 Å². The number of hydrogen-bond acceptors (Lipinski definition) is 3. The van der Waals surface area contributed by atoms with Gasteiger partial charge in [-0.2, -0.15) is 0 Å². The topological polar surface area (TPSA) is 71.1 Å². The minimum absolute atomic E-state index is 0.127. The predicted octanol–water partition coefficient (Wildman–Crippen LogP) is 0.507. The zero-order valence-corrected chi connectivity index (χ0v) is 9.75. The van der Waals surface area contributed by atoms with Crippen LogP contribution in [0.2, 0.25) is 0 Å². The highest BCUT2D eigenvalue weighted by Gasteiger charge is 2.22. The molecule has 1 aliphatic rings. The number of pyridine rings is 1. The van der Waals surface area contributed by atoms with E-state index in [0.717, 1.165) is 12.0 Å². The summed E-state index contributed by atoms with van der Waals surface area (Å²) >= 11 is 0. The fraction of sp³-hybridized carbons (Fsp3) is 0.417. The quantitative estimate of drug-likeness (QED) is 0.799. The van der Waals surface area contributed by atoms with Gasteiger partial charge in [-0.25, -0.2) is 0 Å². The average Bonchev–Trinajstić information content (AvgIpc) is 2.36. The fourth-order valence-corrected chi connectivity index (χ4v) is 1.87. The molecular weight excluding hydrogens is 218 g/mol. The van der Waals surface area contributed by atoms with E-state index in [-0.39, 0.29) is 11.8 Å². The molecule has 2 amide bonds. The van der Waals surface area contributed by atoms with E-state index in [1.807, 2.05) is 6.92 Å². The fourth-order valence-electron chi connectivity index (χ4n) is 1.87. The van der Waals surface area contributed by atoms with Gasteiger partial charge in [0.15, 0.2) is 0 Å². The minimum Gasteiger partial charge on any atom is -0.352 e. The highest BCUT2D eigenvalue weighted by molar-refractivity contribution is 6.01. The van der Waals surface area contributed by atoms with Crippen LogP contribution in [0.3, 0.4) is 0 Å². The molecule has 5 heteroatoms. The minimum atomic E-state index is -0.196. The predicted molar refractivity (Wildman–Crippen MR) is 62.9 cm³/mol. The number of hydrogen-bond donors (Lipinski definition) is 2. The standard InChI is InChI=1S/C12H15N3O2/c1-2-5-14-12(17)10-8-3-7-15-11(16)9(8)4-6-13-10/h4,6H,2-3,5,7H2,1H3,(H,14,17)(H,15,16). The molecule has 1 aromatic rings. The lowest BCUT2D eigenvalue weighted by atomic mass is 9.99. The first kappa shape index (κ1) is 11.6. The van der Waals surface area contributed by atoms with Crippen LogP contribution in [0.4, 0.5) is 0 Å². The van der Waals surface area contributed by atoms with Crippen LogP contribution in [0.1, 0.15) is 39.8 Å². The van der Waals surface area contributed by atoms with E-state index in [1.165, 1.54) is 6.20 Å². The molecule has 17 heavy (non-hydrogen) atoms. The summed E-state index contributed by atoms with van der Waals surface area (Å²) in [6.07, 6.45) is 3.04. The summed E-state index contributed by atoms with van der Waals surface area (Å²) in [4.78, 5) is 27.6. The van der Waals surface area contributed by atoms with Crippen molar-refractivity contribution in [3.05, 3.63) is 29.1 Å². The number of nitrogens with one attached hydrogen (secondary N) is 2. The van der Waals surface area contributed by atoms with Crippen molar-refractivity contribution >= 4 is 11.8 Å². The van der Waals surface area contributed by atoms with Crippen LogP contribution in [0.15, 0.2) is 12.3 Å². The van der Waals surface area contributed by atoms with Crippen LogP contribution in [0, 0.1) is 0 Å². The lowest BCUT2D eigenvalue weighted by molar-refractivity contribution is 0.0942. The van der Waals surface area contributed by atoms with E-state index < -0.39 is 0 Å². The molecule has 0 atom stereocenters. The van der Waals surface area contributed by atoms with Crippen molar-refractivity contribution in [3.8, 4) is 0 Å². The Morgan fingerprint density at radius 2 is 2.41 bits per heavy atom. The van der Waals surface area contributed by atoms with Crippen molar-refractivity contribution in [2.75, 3.05) is 13.1 Å². The van der Waals surface area contributed by atoms with Gasteiger partial charge in [0.1, 0.15) is 5.69 Å². The number of aromatic nitrogens is 1. The molecule has 5 nitrogen and oxygen atoms in total. The molecule has 1 aliphatic heterocycles. The Hall–Kier alpha value is -1.91. The lowest BCUT2D eigenvalue weighted by Crippen LogP contribution is -2.35. The summed E-state index contributed by atoms with van der Waals surface area (Å²) in [7, 11) is 0. The number of fused-ring (bicyclic) bond motifs is 1. The van der Waals surface area contributed by atoms with E-state index in [1.54, 1.807) is 6.07 Å². The van der Waals surface area contributed by atoms with Crippen molar-refractivity contribution in [1.29, 1.82) is 0 Å². The Balaban J connectivity index is 2.32. The van der Waals surface area contributed by atoms with Crippen LogP contribution in [-0.4, -0.2) is 29.9 Å². The highest BCUT2D eigenvalue weighted by Crippen LogP contribution is 2.16. The van der Waals surface area contributed by atoms with Crippen LogP contribution in [0.5, 0.6) is 0 Å². The third kappa shape index (κ3) is 2.27. The molecule has 0 unspecified atom stereocenters. The van der Waals surface area contributed by atoms with Crippen molar-refractivity contribution in [3.63, 3.8) is 0 Å². The van der Waals surface area contributed by atoms with Crippen molar-refractivity contribution in [1.82, 2.24) is 15.6 Å². The van der Waals surface area contributed by atoms with E-state index in [2.05, 4.69) is 15.6 Å². The molecule has 2 rings (SSSR count). The SMILES string of the molecule is CCCNC(=O)c1nccc2c1CCNC2=O. The normalized spacial score (nSPS) is 13.8. The second-order valence-electron chi connectivity index (χ2n) is 3.95. The average molecular weight is 233 g/mol. The van der Waals surface area contributed by atoms with Crippen LogP contribution in [-0.2, 0) is 6.42 Å². The Morgan fingerprint density at radius 1 is 1.59 bits per heavy atom. The second-order valence-corrected chi connectivity index (χ2v) is 3.95. The largest absolute Gasteiger partial charge is 0.352 e. The van der Waals surface area contributed by atoms with Gasteiger partial charge in [0.25, 0.3) is 11.8 Å². The summed E-state index contributed by atoms with van der Waals surface area (Å²) in [5.74, 6) is -0.323. The van der Waals surface area contributed by atoms with Crippen LogP contribution >= 0.6 is 0 Å². The molecule has 0 aliphatic carbocycles. The Morgan fingerprint density at radius 3 is 3.18 bits per heavy atom. The van der Waals surface area contributed by atoms with Crippen molar-refractivity contribution in [2.24, 2.45) is 0 Å². The number of carbonyl (C=O) groups is 2. The van der Waals surface area contributed by atoms with Gasteiger partial charge in [0, 0.05) is 24.8 Å². The number of rotatable bonds is 3. The Bertz CT molecular complexity index is 457. The zero-order valence-electron chi connectivity index (χ0n) is 9.75. The third-order valence-corrected chi connectivity index (χ3v) is 2.71. The van der Waals surface area contributed by atoms with Gasteiger partial charge >= 0.3 is 0 Å². The number of nitrogens with zero attached hydrogens (tertiary/aromatic N) is 1. The Kier molecular flexibility index (Phi) is 3.37. The first-order valence-electron chi connectivity index (χ1n) is 5.78. The maximum atomic E-state index is 11.9. The smallest absolute Gasteiger partial charge is 0.270 e. The molecule has 0 radical (unpaired) electrons. The summed E-state index contributed by atoms with van der Waals surface area (Å²) < 4.78 is 0. The van der Waals surface area contributed by atoms with Gasteiger partial charge in [0.05, 0.1) is 0 Å². The molecule has 0 aromatic carbocycles. The number of amides is 2. The van der Waals surface area contributed by atoms with E-state index in [0.29, 0.717) is 30.8 Å². The summed E-state index contributed by atoms with van der Waals surface area (Å²) in [6.45, 7) is 3.17. The highest BCUT2D eigenvalue weighted by atomic mass is 16.2. The molecular formula is C12H15N3O2. The van der Waals surface area contributed by atoms with Gasteiger partial charge in [0.2, 0.25) is 0 Å². The molecule has 0 spiro atoms. The molecule has 0 saturated carbocycles. The summed E-state index contributed by atoms with van der Waals surface area (Å²) in [6, 6.07) is 1.65. The molecule has 0 fully saturated rings.